The van der Waals surface area contributed by atoms with Gasteiger partial charge in [0.15, 0.2) is 0 Å². The molecular weight excluding hydrogens is 574 g/mol. The van der Waals surface area contributed by atoms with Crippen molar-refractivity contribution in [3.8, 4) is 21.6 Å². The van der Waals surface area contributed by atoms with E-state index in [9.17, 15) is 5.16 Å². The number of nitrogens with zero attached hydrogens (tertiary/aromatic N) is 4. The molecule has 0 heterocycles. The minimum atomic E-state index is -2.28. The number of nitrogens with two attached hydrogens (primary N) is 2. The van der Waals surface area contributed by atoms with Gasteiger partial charge in [-0.25, -0.2) is 21.0 Å². The molecule has 0 amide bonds. The summed E-state index contributed by atoms with van der Waals surface area (Å²) in [6.07, 6.45) is 0. The summed E-state index contributed by atoms with van der Waals surface area (Å²) in [6, 6.07) is 30.5. The first-order valence-electron chi connectivity index (χ1n) is 8.34. The molecule has 178 valence electrons. The van der Waals surface area contributed by atoms with E-state index < -0.39 is 7.05 Å². The molecule has 0 saturated heterocycles. The molecule has 0 aliphatic rings. The SMILES string of the molecule is N#C[S-].N#C[S-].N#C[S-].N#C[S-].N=P(c1ccccc1)(c1ccccc1)c1ccccc1.[Cr+6].[NH2-].[NH2-]. The van der Waals surface area contributed by atoms with Gasteiger partial charge < -0.3 is 68.0 Å². The van der Waals surface area contributed by atoms with Crippen LogP contribution in [0.25, 0.3) is 12.3 Å². The quantitative estimate of drug-likeness (QED) is 0.243. The minimum absolute atomic E-state index is 0. The van der Waals surface area contributed by atoms with Crippen LogP contribution in [-0.4, -0.2) is 0 Å². The van der Waals surface area contributed by atoms with Gasteiger partial charge in [-0.3, -0.25) is 0 Å². The van der Waals surface area contributed by atoms with Gasteiger partial charge in [0.1, 0.15) is 0 Å². The average molecular weight is 594 g/mol. The Morgan fingerprint density at radius 3 is 0.771 bits per heavy atom. The van der Waals surface area contributed by atoms with Crippen molar-refractivity contribution >= 4 is 73.5 Å². The summed E-state index contributed by atoms with van der Waals surface area (Å²) < 4.78 is 0. The van der Waals surface area contributed by atoms with E-state index in [0.29, 0.717) is 0 Å². The molecule has 0 aliphatic carbocycles. The maximum Gasteiger partial charge on any atom is 6.00 e. The number of nitriles is 4. The normalized spacial score (nSPS) is 7.20. The Morgan fingerprint density at radius 1 is 0.486 bits per heavy atom. The van der Waals surface area contributed by atoms with Gasteiger partial charge in [0.2, 0.25) is 0 Å². The number of thiocyanates is 4. The summed E-state index contributed by atoms with van der Waals surface area (Å²) in [5.74, 6) is 0. The van der Waals surface area contributed by atoms with E-state index in [-0.39, 0.29) is 29.7 Å². The second-order valence-corrected chi connectivity index (χ2v) is 8.66. The van der Waals surface area contributed by atoms with Crippen LogP contribution in [0, 0.1) is 47.8 Å². The average Bonchev–Trinajstić information content (AvgIpc) is 2.82. The molecule has 3 rings (SSSR count). The Hall–Kier alpha value is -2.82. The van der Waals surface area contributed by atoms with Gasteiger partial charge in [-0.1, -0.05) is 113 Å². The number of benzene rings is 3. The van der Waals surface area contributed by atoms with E-state index in [1.165, 1.54) is 21.6 Å². The van der Waals surface area contributed by atoms with E-state index in [0.717, 1.165) is 15.9 Å². The Morgan fingerprint density at radius 2 is 0.629 bits per heavy atom. The van der Waals surface area contributed by atoms with Crippen LogP contribution in [0.3, 0.4) is 0 Å². The molecule has 35 heavy (non-hydrogen) atoms. The van der Waals surface area contributed by atoms with Crippen molar-refractivity contribution in [2.75, 3.05) is 0 Å². The fraction of sp³-hybridized carbons (Fsp3) is 0. The summed E-state index contributed by atoms with van der Waals surface area (Å²) in [4.78, 5) is 0. The first-order valence-corrected chi connectivity index (χ1v) is 11.8. The maximum atomic E-state index is 9.25. The number of hydrogen-bond acceptors (Lipinski definition) is 9. The van der Waals surface area contributed by atoms with Crippen molar-refractivity contribution in [1.29, 1.82) is 26.2 Å². The zero-order valence-electron chi connectivity index (χ0n) is 18.1. The van der Waals surface area contributed by atoms with Crippen LogP contribution in [0.2, 0.25) is 0 Å². The first-order chi connectivity index (χ1) is 15.5. The zero-order chi connectivity index (χ0) is 24.7. The molecular formula is C22H20CrN7PS4. The third-order valence-electron chi connectivity index (χ3n) is 3.43. The summed E-state index contributed by atoms with van der Waals surface area (Å²) in [7, 11) is -2.28. The molecule has 3 aromatic carbocycles. The monoisotopic (exact) mass is 593 g/mol. The van der Waals surface area contributed by atoms with Crippen molar-refractivity contribution in [3.63, 3.8) is 0 Å². The van der Waals surface area contributed by atoms with Gasteiger partial charge in [0.05, 0.1) is 7.05 Å². The fourth-order valence-corrected chi connectivity index (χ4v) is 5.15. The summed E-state index contributed by atoms with van der Waals surface area (Å²) in [6.45, 7) is 0. The molecule has 0 aromatic heterocycles. The fourth-order valence-electron chi connectivity index (χ4n) is 2.40. The van der Waals surface area contributed by atoms with Crippen LogP contribution in [0.1, 0.15) is 0 Å². The van der Waals surface area contributed by atoms with E-state index in [1.54, 1.807) is 0 Å². The van der Waals surface area contributed by atoms with Gasteiger partial charge in [0.25, 0.3) is 0 Å². The van der Waals surface area contributed by atoms with Gasteiger partial charge in [-0.05, 0) is 15.9 Å². The van der Waals surface area contributed by atoms with E-state index in [2.05, 4.69) is 86.9 Å². The van der Waals surface area contributed by atoms with Gasteiger partial charge in [-0.15, -0.1) is 0 Å². The molecule has 0 saturated carbocycles. The predicted molar refractivity (Wildman–Crippen MR) is 150 cm³/mol. The van der Waals surface area contributed by atoms with Gasteiger partial charge in [0, 0.05) is 0 Å². The number of nitrogens with one attached hydrogen (secondary N) is 1. The molecule has 0 unspecified atom stereocenters. The summed E-state index contributed by atoms with van der Waals surface area (Å²) in [5.41, 5.74) is 0. The molecule has 0 bridgehead atoms. The Kier molecular flexibility index (Phi) is 35.4. The van der Waals surface area contributed by atoms with E-state index in [1.807, 2.05) is 54.6 Å². The van der Waals surface area contributed by atoms with Gasteiger partial charge >= 0.3 is 17.4 Å². The van der Waals surface area contributed by atoms with Crippen molar-refractivity contribution in [3.05, 3.63) is 103 Å². The molecule has 3 aromatic rings. The van der Waals surface area contributed by atoms with Crippen LogP contribution < -0.4 is 15.9 Å². The Balaban J connectivity index is -0.000000172. The first kappa shape index (κ1) is 42.4. The molecule has 0 fully saturated rings. The van der Waals surface area contributed by atoms with Crippen LogP contribution in [0.4, 0.5) is 0 Å². The molecule has 0 radical (unpaired) electrons. The summed E-state index contributed by atoms with van der Waals surface area (Å²) >= 11 is 14.8. The Labute approximate surface area is 240 Å². The number of rotatable bonds is 3. The molecule has 7 nitrogen and oxygen atoms in total. The Bertz CT molecular complexity index is 945. The maximum absolute atomic E-state index is 9.25. The predicted octanol–water partition coefficient (Wildman–Crippen LogP) is 5.23. The molecule has 0 spiro atoms. The van der Waals surface area contributed by atoms with Crippen LogP contribution in [0.5, 0.6) is 0 Å². The summed E-state index contributed by atoms with van der Waals surface area (Å²) in [5, 5.41) is 46.4. The third-order valence-corrected chi connectivity index (χ3v) is 6.65. The molecule has 5 N–H and O–H groups in total. The smallest absolute Gasteiger partial charge is 0.696 e. The van der Waals surface area contributed by atoms with Crippen molar-refractivity contribution in [2.45, 2.75) is 0 Å². The van der Waals surface area contributed by atoms with Crippen LogP contribution >= 0.6 is 7.05 Å². The molecule has 13 heteroatoms. The number of hydrogen-bond donors (Lipinski definition) is 1. The molecule has 0 atom stereocenters. The minimum Gasteiger partial charge on any atom is -0.696 e. The van der Waals surface area contributed by atoms with Crippen LogP contribution in [-0.2, 0) is 67.9 Å². The van der Waals surface area contributed by atoms with Crippen molar-refractivity contribution in [1.82, 2.24) is 0 Å². The topological polar surface area (TPSA) is 186 Å². The van der Waals surface area contributed by atoms with Gasteiger partial charge in [-0.2, -0.15) is 0 Å². The van der Waals surface area contributed by atoms with Crippen molar-refractivity contribution in [2.24, 2.45) is 0 Å². The second kappa shape index (κ2) is 29.2. The van der Waals surface area contributed by atoms with E-state index >= 15 is 0 Å². The second-order valence-electron chi connectivity index (χ2n) is 5.04. The standard InChI is InChI=1S/C18H16NP.4CHNS.Cr.2H2N/c19-20(16-10-4-1-5-11-16,17-12-6-2-7-13-17)18-14-8-3-9-15-18;4*2-1-3;;;/h1-15,19H;4*3H;;2*1H2/q;;;;;+6;2*-1/p-4. The third kappa shape index (κ3) is 17.3. The van der Waals surface area contributed by atoms with E-state index in [4.69, 9.17) is 21.0 Å². The van der Waals surface area contributed by atoms with Crippen molar-refractivity contribution < 1.29 is 17.4 Å². The molecule has 0 aliphatic heterocycles. The van der Waals surface area contributed by atoms with Crippen LogP contribution in [0.15, 0.2) is 91.0 Å². The zero-order valence-corrected chi connectivity index (χ0v) is 23.5. The largest absolute Gasteiger partial charge is 6.00 e.